The van der Waals surface area contributed by atoms with Crippen molar-refractivity contribution in [2.45, 2.75) is 13.3 Å². The van der Waals surface area contributed by atoms with Gasteiger partial charge in [0.25, 0.3) is 0 Å². The second kappa shape index (κ2) is 7.44. The van der Waals surface area contributed by atoms with Crippen molar-refractivity contribution in [1.82, 2.24) is 0 Å². The molecule has 0 unspecified atom stereocenters. The standard InChI is InChI=1S/C12H20O4Si/c1-4-10-16-17(13-2,14-3)11-15-12-8-6-5-7-9-12/h5-9H,4,10-11H2,1-3H3. The lowest BCUT2D eigenvalue weighted by molar-refractivity contribution is 0.0786. The highest BCUT2D eigenvalue weighted by Gasteiger charge is 2.40. The van der Waals surface area contributed by atoms with Crippen LogP contribution in [-0.4, -0.2) is 35.9 Å². The van der Waals surface area contributed by atoms with Crippen LogP contribution in [-0.2, 0) is 13.3 Å². The second-order valence-corrected chi connectivity index (χ2v) is 6.30. The monoisotopic (exact) mass is 256 g/mol. The summed E-state index contributed by atoms with van der Waals surface area (Å²) in [5, 5.41) is 0. The van der Waals surface area contributed by atoms with E-state index < -0.39 is 8.80 Å². The predicted molar refractivity (Wildman–Crippen MR) is 68.0 cm³/mol. The molecule has 5 heteroatoms. The Morgan fingerprint density at radius 2 is 1.71 bits per heavy atom. The Morgan fingerprint density at radius 1 is 1.06 bits per heavy atom. The molecule has 0 aliphatic carbocycles. The number of hydrogen-bond acceptors (Lipinski definition) is 4. The summed E-state index contributed by atoms with van der Waals surface area (Å²) >= 11 is 0. The van der Waals surface area contributed by atoms with E-state index >= 15 is 0 Å². The van der Waals surface area contributed by atoms with Crippen molar-refractivity contribution >= 4 is 8.80 Å². The van der Waals surface area contributed by atoms with Gasteiger partial charge in [0.1, 0.15) is 5.75 Å². The topological polar surface area (TPSA) is 36.9 Å². The molecular formula is C12H20O4Si. The molecule has 0 spiro atoms. The average Bonchev–Trinajstić information content (AvgIpc) is 2.41. The number of ether oxygens (including phenoxy) is 1. The maximum absolute atomic E-state index is 5.67. The summed E-state index contributed by atoms with van der Waals surface area (Å²) in [6.07, 6.45) is 1.25. The van der Waals surface area contributed by atoms with Crippen molar-refractivity contribution in [3.63, 3.8) is 0 Å². The Balaban J connectivity index is 2.54. The lowest BCUT2D eigenvalue weighted by Gasteiger charge is -2.26. The minimum absolute atomic E-state index is 0.323. The highest BCUT2D eigenvalue weighted by Crippen LogP contribution is 2.13. The fourth-order valence-corrected chi connectivity index (χ4v) is 2.89. The largest absolute Gasteiger partial charge is 0.540 e. The van der Waals surface area contributed by atoms with Crippen LogP contribution < -0.4 is 4.74 Å². The van der Waals surface area contributed by atoms with E-state index in [2.05, 4.69) is 0 Å². The summed E-state index contributed by atoms with van der Waals surface area (Å²) in [6.45, 7) is 2.66. The molecule has 0 bridgehead atoms. The molecule has 17 heavy (non-hydrogen) atoms. The van der Waals surface area contributed by atoms with Crippen LogP contribution in [0.25, 0.3) is 0 Å². The Hall–Kier alpha value is -0.883. The molecule has 0 N–H and O–H groups in total. The van der Waals surface area contributed by atoms with E-state index in [9.17, 15) is 0 Å². The van der Waals surface area contributed by atoms with E-state index in [4.69, 9.17) is 18.0 Å². The van der Waals surface area contributed by atoms with Gasteiger partial charge in [0.15, 0.2) is 6.23 Å². The van der Waals surface area contributed by atoms with Gasteiger partial charge in [0, 0.05) is 20.8 Å². The Labute approximate surface area is 104 Å². The predicted octanol–water partition coefficient (Wildman–Crippen LogP) is 2.26. The first-order valence-corrected chi connectivity index (χ1v) is 7.61. The maximum Gasteiger partial charge on any atom is 0.540 e. The van der Waals surface area contributed by atoms with Gasteiger partial charge in [-0.2, -0.15) is 0 Å². The smallest absolute Gasteiger partial charge is 0.489 e. The summed E-state index contributed by atoms with van der Waals surface area (Å²) < 4.78 is 22.1. The molecule has 0 aliphatic rings. The molecule has 0 amide bonds. The van der Waals surface area contributed by atoms with E-state index in [1.165, 1.54) is 0 Å². The molecule has 1 rings (SSSR count). The van der Waals surface area contributed by atoms with Crippen LogP contribution in [0.3, 0.4) is 0 Å². The zero-order valence-corrected chi connectivity index (χ0v) is 11.6. The van der Waals surface area contributed by atoms with Gasteiger partial charge in [-0.05, 0) is 18.6 Å². The minimum Gasteiger partial charge on any atom is -0.489 e. The van der Waals surface area contributed by atoms with E-state index in [-0.39, 0.29) is 0 Å². The molecule has 96 valence electrons. The van der Waals surface area contributed by atoms with Crippen LogP contribution in [0.5, 0.6) is 5.75 Å². The third-order valence-corrected chi connectivity index (χ3v) is 4.69. The van der Waals surface area contributed by atoms with Crippen LogP contribution in [0.1, 0.15) is 13.3 Å². The number of hydrogen-bond donors (Lipinski definition) is 0. The lowest BCUT2D eigenvalue weighted by atomic mass is 10.3. The second-order valence-electron chi connectivity index (χ2n) is 3.54. The van der Waals surface area contributed by atoms with Crippen LogP contribution in [0.2, 0.25) is 0 Å². The van der Waals surface area contributed by atoms with Gasteiger partial charge in [-0.25, -0.2) is 0 Å². The molecule has 0 atom stereocenters. The zero-order chi connectivity index (χ0) is 12.6. The molecule has 0 heterocycles. The van der Waals surface area contributed by atoms with Crippen LogP contribution in [0.4, 0.5) is 0 Å². The first-order valence-electron chi connectivity index (χ1n) is 5.68. The maximum atomic E-state index is 5.67. The normalized spacial score (nSPS) is 11.5. The number of rotatable bonds is 8. The molecule has 0 aliphatic heterocycles. The number of benzene rings is 1. The van der Waals surface area contributed by atoms with Gasteiger partial charge < -0.3 is 18.0 Å². The van der Waals surface area contributed by atoms with Gasteiger partial charge in [0.05, 0.1) is 0 Å². The summed E-state index contributed by atoms with van der Waals surface area (Å²) in [6, 6.07) is 9.57. The van der Waals surface area contributed by atoms with Crippen LogP contribution in [0, 0.1) is 0 Å². The lowest BCUT2D eigenvalue weighted by Crippen LogP contribution is -2.50. The molecule has 1 aromatic rings. The third kappa shape index (κ3) is 4.47. The first-order chi connectivity index (χ1) is 8.26. The van der Waals surface area contributed by atoms with Crippen molar-refractivity contribution in [2.75, 3.05) is 27.1 Å². The molecule has 0 saturated heterocycles. The Morgan fingerprint density at radius 3 is 2.24 bits per heavy atom. The van der Waals surface area contributed by atoms with Crippen molar-refractivity contribution in [3.8, 4) is 5.75 Å². The molecule has 1 aromatic carbocycles. The summed E-state index contributed by atoms with van der Waals surface area (Å²) in [7, 11) is 0.524. The minimum atomic E-state index is -2.67. The highest BCUT2D eigenvalue weighted by molar-refractivity contribution is 6.60. The quantitative estimate of drug-likeness (QED) is 0.669. The van der Waals surface area contributed by atoms with Crippen molar-refractivity contribution < 1.29 is 18.0 Å². The third-order valence-electron chi connectivity index (χ3n) is 2.31. The molecule has 0 saturated carbocycles. The van der Waals surface area contributed by atoms with Gasteiger partial charge in [-0.15, -0.1) is 0 Å². The molecule has 0 fully saturated rings. The molecular weight excluding hydrogens is 236 g/mol. The van der Waals surface area contributed by atoms with Crippen molar-refractivity contribution in [1.29, 1.82) is 0 Å². The van der Waals surface area contributed by atoms with Gasteiger partial charge in [0.2, 0.25) is 0 Å². The summed E-state index contributed by atoms with van der Waals surface area (Å²) in [4.78, 5) is 0. The fraction of sp³-hybridized carbons (Fsp3) is 0.500. The van der Waals surface area contributed by atoms with Gasteiger partial charge in [-0.1, -0.05) is 25.1 Å². The average molecular weight is 256 g/mol. The van der Waals surface area contributed by atoms with Crippen LogP contribution >= 0.6 is 0 Å². The molecule has 0 radical (unpaired) electrons. The Kier molecular flexibility index (Phi) is 6.21. The fourth-order valence-electron chi connectivity index (χ4n) is 1.31. The van der Waals surface area contributed by atoms with E-state index in [0.717, 1.165) is 12.2 Å². The molecule has 4 nitrogen and oxygen atoms in total. The summed E-state index contributed by atoms with van der Waals surface area (Å²) in [5.74, 6) is 0.790. The summed E-state index contributed by atoms with van der Waals surface area (Å²) in [5.41, 5.74) is 0. The van der Waals surface area contributed by atoms with Gasteiger partial charge >= 0.3 is 8.80 Å². The number of para-hydroxylation sites is 1. The van der Waals surface area contributed by atoms with Crippen LogP contribution in [0.15, 0.2) is 30.3 Å². The zero-order valence-electron chi connectivity index (χ0n) is 10.6. The van der Waals surface area contributed by atoms with E-state index in [0.29, 0.717) is 12.8 Å². The van der Waals surface area contributed by atoms with Gasteiger partial charge in [-0.3, -0.25) is 0 Å². The molecule has 0 aromatic heterocycles. The highest BCUT2D eigenvalue weighted by atomic mass is 28.4. The first kappa shape index (κ1) is 14.2. The van der Waals surface area contributed by atoms with Crippen molar-refractivity contribution in [2.24, 2.45) is 0 Å². The Bertz CT molecular complexity index is 301. The van der Waals surface area contributed by atoms with E-state index in [1.807, 2.05) is 37.3 Å². The van der Waals surface area contributed by atoms with E-state index in [1.54, 1.807) is 14.2 Å². The SMILES string of the molecule is CCCO[Si](COc1ccccc1)(OC)OC. The van der Waals surface area contributed by atoms with Crippen molar-refractivity contribution in [3.05, 3.63) is 30.3 Å².